The Balaban J connectivity index is 0.00000200. The number of carbonyl (C=O) groups is 1. The predicted octanol–water partition coefficient (Wildman–Crippen LogP) is 2.51. The van der Waals surface area contributed by atoms with Crippen LogP contribution in [0.4, 0.5) is 0 Å². The van der Waals surface area contributed by atoms with Crippen molar-refractivity contribution in [2.45, 2.75) is 34.2 Å². The molecule has 2 rings (SSSR count). The van der Waals surface area contributed by atoms with Gasteiger partial charge in [-0.3, -0.25) is 4.79 Å². The molecule has 20 heavy (non-hydrogen) atoms. The molecule has 0 aliphatic carbocycles. The van der Waals surface area contributed by atoms with Crippen LogP contribution in [0, 0.1) is 32.6 Å². The summed E-state index contributed by atoms with van der Waals surface area (Å²) in [6.07, 6.45) is 0. The van der Waals surface area contributed by atoms with Crippen molar-refractivity contribution in [3.8, 4) is 0 Å². The summed E-state index contributed by atoms with van der Waals surface area (Å²) >= 11 is 0. The van der Waals surface area contributed by atoms with E-state index < -0.39 is 0 Å². The molecule has 0 spiro atoms. The number of aryl methyl sites for hydroxylation is 3. The second-order valence-corrected chi connectivity index (χ2v) is 5.80. The number of hydrogen-bond donors (Lipinski definition) is 2. The molecule has 1 aliphatic rings. The summed E-state index contributed by atoms with van der Waals surface area (Å²) < 4.78 is 0. The van der Waals surface area contributed by atoms with Gasteiger partial charge in [-0.15, -0.1) is 12.4 Å². The quantitative estimate of drug-likeness (QED) is 0.896. The van der Waals surface area contributed by atoms with Crippen LogP contribution in [0.3, 0.4) is 0 Å². The fourth-order valence-electron chi connectivity index (χ4n) is 2.70. The molecule has 3 nitrogen and oxygen atoms in total. The zero-order valence-corrected chi connectivity index (χ0v) is 13.6. The zero-order valence-electron chi connectivity index (χ0n) is 12.7. The van der Waals surface area contributed by atoms with Crippen LogP contribution >= 0.6 is 12.4 Å². The van der Waals surface area contributed by atoms with Crippen molar-refractivity contribution >= 4 is 18.3 Å². The third-order valence-corrected chi connectivity index (χ3v) is 4.21. The van der Waals surface area contributed by atoms with Gasteiger partial charge in [0.1, 0.15) is 0 Å². The van der Waals surface area contributed by atoms with Gasteiger partial charge in [0.05, 0.1) is 0 Å². The third-order valence-electron chi connectivity index (χ3n) is 4.21. The molecule has 1 saturated heterocycles. The van der Waals surface area contributed by atoms with Crippen LogP contribution in [0.15, 0.2) is 12.1 Å². The Morgan fingerprint density at radius 3 is 2.30 bits per heavy atom. The number of benzene rings is 1. The zero-order chi connectivity index (χ0) is 14.0. The summed E-state index contributed by atoms with van der Waals surface area (Å²) in [6, 6.07) is 4.35. The molecule has 1 aromatic carbocycles. The van der Waals surface area contributed by atoms with E-state index in [0.717, 1.165) is 13.1 Å². The van der Waals surface area contributed by atoms with Crippen LogP contribution in [0.25, 0.3) is 0 Å². The van der Waals surface area contributed by atoms with Crippen molar-refractivity contribution in [3.05, 3.63) is 34.4 Å². The van der Waals surface area contributed by atoms with E-state index in [1.165, 1.54) is 22.3 Å². The molecule has 1 unspecified atom stereocenters. The van der Waals surface area contributed by atoms with E-state index in [9.17, 15) is 4.79 Å². The van der Waals surface area contributed by atoms with Gasteiger partial charge in [0.15, 0.2) is 0 Å². The molecule has 2 N–H and O–H groups in total. The number of rotatable bonds is 4. The topological polar surface area (TPSA) is 41.1 Å². The molecule has 1 atom stereocenters. The number of nitrogens with one attached hydrogen (secondary N) is 2. The van der Waals surface area contributed by atoms with Gasteiger partial charge in [-0.05, 0) is 56.5 Å². The van der Waals surface area contributed by atoms with Crippen LogP contribution in [0.5, 0.6) is 0 Å². The van der Waals surface area contributed by atoms with Gasteiger partial charge in [0.25, 0.3) is 0 Å². The van der Waals surface area contributed by atoms with Gasteiger partial charge in [-0.25, -0.2) is 0 Å². The van der Waals surface area contributed by atoms with Crippen molar-refractivity contribution in [2.24, 2.45) is 11.8 Å². The van der Waals surface area contributed by atoms with Gasteiger partial charge >= 0.3 is 0 Å². The highest BCUT2D eigenvalue weighted by Gasteiger charge is 2.28. The van der Waals surface area contributed by atoms with Gasteiger partial charge in [0, 0.05) is 12.5 Å². The van der Waals surface area contributed by atoms with Gasteiger partial charge < -0.3 is 10.6 Å². The smallest absolute Gasteiger partial charge is 0.223 e. The predicted molar refractivity (Wildman–Crippen MR) is 85.3 cm³/mol. The molecule has 1 amide bonds. The van der Waals surface area contributed by atoms with Crippen LogP contribution in [-0.4, -0.2) is 19.0 Å². The molecule has 112 valence electrons. The summed E-state index contributed by atoms with van der Waals surface area (Å²) in [4.78, 5) is 12.1. The Bertz CT molecular complexity index is 460. The summed E-state index contributed by atoms with van der Waals surface area (Å²) in [7, 11) is 0. The van der Waals surface area contributed by atoms with Gasteiger partial charge in [-0.1, -0.05) is 24.6 Å². The molecular weight excluding hydrogens is 272 g/mol. The molecule has 1 aliphatic heterocycles. The number of carbonyl (C=O) groups excluding carboxylic acids is 1. The minimum Gasteiger partial charge on any atom is -0.352 e. The lowest BCUT2D eigenvalue weighted by Crippen LogP contribution is -2.49. The maximum Gasteiger partial charge on any atom is 0.223 e. The first kappa shape index (κ1) is 17.0. The summed E-state index contributed by atoms with van der Waals surface area (Å²) in [5.41, 5.74) is 5.04. The fraction of sp³-hybridized carbons (Fsp3) is 0.562. The fourth-order valence-corrected chi connectivity index (χ4v) is 2.70. The SMILES string of the molecule is Cc1cc(C)c(CNC(=O)C(C)C2CNC2)c(C)c1.Cl. The molecule has 1 fully saturated rings. The van der Waals surface area contributed by atoms with E-state index in [0.29, 0.717) is 12.5 Å². The second kappa shape index (κ2) is 7.09. The Labute approximate surface area is 127 Å². The van der Waals surface area contributed by atoms with Crippen LogP contribution in [0.2, 0.25) is 0 Å². The molecular formula is C16H25ClN2O. The minimum absolute atomic E-state index is 0. The highest BCUT2D eigenvalue weighted by Crippen LogP contribution is 2.18. The number of amides is 1. The molecule has 0 radical (unpaired) electrons. The first-order valence-electron chi connectivity index (χ1n) is 7.04. The highest BCUT2D eigenvalue weighted by molar-refractivity contribution is 5.85. The van der Waals surface area contributed by atoms with E-state index in [4.69, 9.17) is 0 Å². The Morgan fingerprint density at radius 2 is 1.85 bits per heavy atom. The molecule has 1 heterocycles. The monoisotopic (exact) mass is 296 g/mol. The lowest BCUT2D eigenvalue weighted by atomic mass is 9.88. The van der Waals surface area contributed by atoms with Gasteiger partial charge in [0.2, 0.25) is 5.91 Å². The molecule has 4 heteroatoms. The van der Waals surface area contributed by atoms with E-state index in [1.54, 1.807) is 0 Å². The van der Waals surface area contributed by atoms with Crippen molar-refractivity contribution in [3.63, 3.8) is 0 Å². The Morgan fingerprint density at radius 1 is 1.30 bits per heavy atom. The van der Waals surface area contributed by atoms with Crippen molar-refractivity contribution in [1.82, 2.24) is 10.6 Å². The minimum atomic E-state index is 0. The first-order valence-corrected chi connectivity index (χ1v) is 7.04. The maximum absolute atomic E-state index is 12.1. The number of hydrogen-bond acceptors (Lipinski definition) is 2. The van der Waals surface area contributed by atoms with Crippen molar-refractivity contribution in [2.75, 3.05) is 13.1 Å². The normalized spacial score (nSPS) is 16.0. The van der Waals surface area contributed by atoms with Crippen molar-refractivity contribution in [1.29, 1.82) is 0 Å². The second-order valence-electron chi connectivity index (χ2n) is 5.80. The summed E-state index contributed by atoms with van der Waals surface area (Å²) in [6.45, 7) is 10.9. The summed E-state index contributed by atoms with van der Waals surface area (Å²) in [5, 5.41) is 6.30. The highest BCUT2D eigenvalue weighted by atomic mass is 35.5. The van der Waals surface area contributed by atoms with Crippen LogP contribution in [0.1, 0.15) is 29.2 Å². The standard InChI is InChI=1S/C16H24N2O.ClH/c1-10-5-11(2)15(12(3)6-10)9-18-16(19)13(4)14-7-17-8-14;/h5-6,13-14,17H,7-9H2,1-4H3,(H,18,19);1H. The molecule has 1 aromatic rings. The molecule has 0 aromatic heterocycles. The van der Waals surface area contributed by atoms with E-state index in [-0.39, 0.29) is 24.2 Å². The number of halogens is 1. The Hall–Kier alpha value is -1.06. The Kier molecular flexibility index (Phi) is 6.03. The van der Waals surface area contributed by atoms with Crippen LogP contribution in [-0.2, 0) is 11.3 Å². The average molecular weight is 297 g/mol. The maximum atomic E-state index is 12.1. The third kappa shape index (κ3) is 3.74. The first-order chi connectivity index (χ1) is 8.99. The summed E-state index contributed by atoms with van der Waals surface area (Å²) in [5.74, 6) is 0.776. The van der Waals surface area contributed by atoms with Gasteiger partial charge in [-0.2, -0.15) is 0 Å². The van der Waals surface area contributed by atoms with E-state index in [2.05, 4.69) is 43.5 Å². The average Bonchev–Trinajstić information content (AvgIpc) is 2.24. The van der Waals surface area contributed by atoms with Crippen LogP contribution < -0.4 is 10.6 Å². The van der Waals surface area contributed by atoms with E-state index in [1.807, 2.05) is 6.92 Å². The molecule has 0 bridgehead atoms. The lowest BCUT2D eigenvalue weighted by Gasteiger charge is -2.31. The molecule has 0 saturated carbocycles. The van der Waals surface area contributed by atoms with E-state index >= 15 is 0 Å². The lowest BCUT2D eigenvalue weighted by molar-refractivity contribution is -0.126. The largest absolute Gasteiger partial charge is 0.352 e. The van der Waals surface area contributed by atoms with Crippen molar-refractivity contribution < 1.29 is 4.79 Å².